The van der Waals surface area contributed by atoms with E-state index < -0.39 is 0 Å². The normalized spacial score (nSPS) is 11.2. The SMILES string of the molecule is CCc1ccccc1Cn1c(CCl)nc2cc(Cl)ccc21. The Morgan fingerprint density at radius 2 is 1.86 bits per heavy atom. The third-order valence-electron chi connectivity index (χ3n) is 3.74. The summed E-state index contributed by atoms with van der Waals surface area (Å²) in [6, 6.07) is 14.3. The van der Waals surface area contributed by atoms with Gasteiger partial charge in [-0.25, -0.2) is 4.98 Å². The highest BCUT2D eigenvalue weighted by Crippen LogP contribution is 2.23. The molecule has 0 atom stereocenters. The molecule has 21 heavy (non-hydrogen) atoms. The molecule has 3 rings (SSSR count). The van der Waals surface area contributed by atoms with Crippen LogP contribution in [0.3, 0.4) is 0 Å². The molecule has 0 bridgehead atoms. The smallest absolute Gasteiger partial charge is 0.125 e. The van der Waals surface area contributed by atoms with Gasteiger partial charge in [0.25, 0.3) is 0 Å². The summed E-state index contributed by atoms with van der Waals surface area (Å²) in [7, 11) is 0. The van der Waals surface area contributed by atoms with E-state index in [9.17, 15) is 0 Å². The molecule has 0 aliphatic heterocycles. The van der Waals surface area contributed by atoms with E-state index in [2.05, 4.69) is 40.7 Å². The molecule has 108 valence electrons. The molecule has 4 heteroatoms. The van der Waals surface area contributed by atoms with Gasteiger partial charge in [-0.1, -0.05) is 42.8 Å². The van der Waals surface area contributed by atoms with Gasteiger partial charge < -0.3 is 4.57 Å². The number of alkyl halides is 1. The molecule has 0 saturated heterocycles. The van der Waals surface area contributed by atoms with Crippen LogP contribution < -0.4 is 0 Å². The van der Waals surface area contributed by atoms with Crippen molar-refractivity contribution in [3.8, 4) is 0 Å². The van der Waals surface area contributed by atoms with E-state index in [-0.39, 0.29) is 0 Å². The standard InChI is InChI=1S/C17H16Cl2N2/c1-2-12-5-3-4-6-13(12)11-21-16-8-7-14(19)9-15(16)20-17(21)10-18/h3-9H,2,10-11H2,1H3. The maximum absolute atomic E-state index is 6.07. The van der Waals surface area contributed by atoms with Gasteiger partial charge in [0, 0.05) is 11.6 Å². The highest BCUT2D eigenvalue weighted by atomic mass is 35.5. The Balaban J connectivity index is 2.11. The van der Waals surface area contributed by atoms with E-state index in [0.29, 0.717) is 10.9 Å². The topological polar surface area (TPSA) is 17.8 Å². The van der Waals surface area contributed by atoms with Crippen LogP contribution in [0.2, 0.25) is 5.02 Å². The molecule has 0 aliphatic carbocycles. The highest BCUT2D eigenvalue weighted by Gasteiger charge is 2.12. The van der Waals surface area contributed by atoms with Crippen LogP contribution in [0.5, 0.6) is 0 Å². The van der Waals surface area contributed by atoms with Gasteiger partial charge in [0.05, 0.1) is 16.9 Å². The first kappa shape index (κ1) is 14.4. The lowest BCUT2D eigenvalue weighted by molar-refractivity contribution is 0.770. The fourth-order valence-corrected chi connectivity index (χ4v) is 3.03. The Bertz CT molecular complexity index is 778. The Morgan fingerprint density at radius 3 is 2.57 bits per heavy atom. The van der Waals surface area contributed by atoms with Gasteiger partial charge in [-0.2, -0.15) is 0 Å². The van der Waals surface area contributed by atoms with Crippen LogP contribution >= 0.6 is 23.2 Å². The summed E-state index contributed by atoms with van der Waals surface area (Å²) < 4.78 is 2.17. The van der Waals surface area contributed by atoms with E-state index in [1.165, 1.54) is 11.1 Å². The number of aromatic nitrogens is 2. The number of halogens is 2. The summed E-state index contributed by atoms with van der Waals surface area (Å²) in [6.07, 6.45) is 1.02. The minimum Gasteiger partial charge on any atom is -0.322 e. The van der Waals surface area contributed by atoms with Crippen LogP contribution in [0.15, 0.2) is 42.5 Å². The summed E-state index contributed by atoms with van der Waals surface area (Å²) in [5.41, 5.74) is 4.63. The molecule has 0 saturated carbocycles. The van der Waals surface area contributed by atoms with Crippen LogP contribution in [-0.4, -0.2) is 9.55 Å². The number of fused-ring (bicyclic) bond motifs is 1. The van der Waals surface area contributed by atoms with Gasteiger partial charge >= 0.3 is 0 Å². The summed E-state index contributed by atoms with van der Waals surface area (Å²) in [5.74, 6) is 1.26. The predicted octanol–water partition coefficient (Wildman–Crippen LogP) is 5.04. The maximum Gasteiger partial charge on any atom is 0.125 e. The van der Waals surface area contributed by atoms with Gasteiger partial charge in [0.2, 0.25) is 0 Å². The van der Waals surface area contributed by atoms with Crippen LogP contribution in [0.4, 0.5) is 0 Å². The minimum absolute atomic E-state index is 0.389. The molecule has 0 N–H and O–H groups in total. The van der Waals surface area contributed by atoms with Gasteiger partial charge in [-0.15, -0.1) is 11.6 Å². The van der Waals surface area contributed by atoms with Crippen molar-refractivity contribution >= 4 is 34.2 Å². The quantitative estimate of drug-likeness (QED) is 0.616. The van der Waals surface area contributed by atoms with Crippen LogP contribution in [-0.2, 0) is 18.8 Å². The van der Waals surface area contributed by atoms with Crippen molar-refractivity contribution in [1.82, 2.24) is 9.55 Å². The molecule has 0 fully saturated rings. The molecule has 0 amide bonds. The first-order valence-electron chi connectivity index (χ1n) is 7.00. The second kappa shape index (κ2) is 6.08. The average Bonchev–Trinajstić information content (AvgIpc) is 2.84. The Kier molecular flexibility index (Phi) is 4.18. The second-order valence-corrected chi connectivity index (χ2v) is 5.71. The average molecular weight is 319 g/mol. The van der Waals surface area contributed by atoms with Crippen molar-refractivity contribution in [1.29, 1.82) is 0 Å². The van der Waals surface area contributed by atoms with Crippen LogP contribution in [0.1, 0.15) is 23.9 Å². The van der Waals surface area contributed by atoms with E-state index >= 15 is 0 Å². The molecule has 3 aromatic rings. The number of imidazole rings is 1. The zero-order valence-electron chi connectivity index (χ0n) is 11.8. The van der Waals surface area contributed by atoms with Crippen molar-refractivity contribution in [2.24, 2.45) is 0 Å². The fraction of sp³-hybridized carbons (Fsp3) is 0.235. The number of nitrogens with zero attached hydrogens (tertiary/aromatic N) is 2. The number of hydrogen-bond acceptors (Lipinski definition) is 1. The van der Waals surface area contributed by atoms with E-state index in [1.807, 2.05) is 18.2 Å². The number of benzene rings is 2. The lowest BCUT2D eigenvalue weighted by atomic mass is 10.1. The lowest BCUT2D eigenvalue weighted by Gasteiger charge is -2.11. The minimum atomic E-state index is 0.389. The second-order valence-electron chi connectivity index (χ2n) is 5.00. The van der Waals surface area contributed by atoms with E-state index in [0.717, 1.165) is 29.8 Å². The fourth-order valence-electron chi connectivity index (χ4n) is 2.66. The molecule has 0 radical (unpaired) electrons. The maximum atomic E-state index is 6.07. The zero-order valence-corrected chi connectivity index (χ0v) is 13.3. The summed E-state index contributed by atoms with van der Waals surface area (Å²) in [4.78, 5) is 4.59. The molecule has 1 heterocycles. The Morgan fingerprint density at radius 1 is 1.10 bits per heavy atom. The third kappa shape index (κ3) is 2.78. The highest BCUT2D eigenvalue weighted by molar-refractivity contribution is 6.31. The lowest BCUT2D eigenvalue weighted by Crippen LogP contribution is -2.06. The van der Waals surface area contributed by atoms with Crippen molar-refractivity contribution in [2.45, 2.75) is 25.8 Å². The van der Waals surface area contributed by atoms with E-state index in [1.54, 1.807) is 0 Å². The molecule has 0 aliphatic rings. The monoisotopic (exact) mass is 318 g/mol. The number of aryl methyl sites for hydroxylation is 1. The molecule has 0 spiro atoms. The van der Waals surface area contributed by atoms with Gasteiger partial charge in [0.15, 0.2) is 0 Å². The summed E-state index contributed by atoms with van der Waals surface area (Å²) in [5, 5.41) is 0.697. The Hall–Kier alpha value is -1.51. The Labute approximate surface area is 134 Å². The van der Waals surface area contributed by atoms with Crippen LogP contribution in [0, 0.1) is 0 Å². The van der Waals surface area contributed by atoms with Crippen LogP contribution in [0.25, 0.3) is 11.0 Å². The van der Waals surface area contributed by atoms with Crippen molar-refractivity contribution in [3.63, 3.8) is 0 Å². The third-order valence-corrected chi connectivity index (χ3v) is 4.21. The van der Waals surface area contributed by atoms with Gasteiger partial charge in [-0.05, 0) is 35.7 Å². The first-order valence-corrected chi connectivity index (χ1v) is 7.91. The first-order chi connectivity index (χ1) is 10.2. The van der Waals surface area contributed by atoms with Crippen molar-refractivity contribution in [2.75, 3.05) is 0 Å². The molecule has 0 unspecified atom stereocenters. The molecule has 2 aromatic carbocycles. The molecular weight excluding hydrogens is 303 g/mol. The molecule has 1 aromatic heterocycles. The summed E-state index contributed by atoms with van der Waals surface area (Å²) in [6.45, 7) is 2.96. The number of rotatable bonds is 4. The molecule has 2 nitrogen and oxygen atoms in total. The van der Waals surface area contributed by atoms with Crippen molar-refractivity contribution in [3.05, 3.63) is 64.4 Å². The van der Waals surface area contributed by atoms with E-state index in [4.69, 9.17) is 23.2 Å². The predicted molar refractivity (Wildman–Crippen MR) is 89.2 cm³/mol. The van der Waals surface area contributed by atoms with Gasteiger partial charge in [0.1, 0.15) is 5.82 Å². The summed E-state index contributed by atoms with van der Waals surface area (Å²) >= 11 is 12.1. The largest absolute Gasteiger partial charge is 0.322 e. The zero-order chi connectivity index (χ0) is 14.8. The van der Waals surface area contributed by atoms with Crippen molar-refractivity contribution < 1.29 is 0 Å². The molecular formula is C17H16Cl2N2. The van der Waals surface area contributed by atoms with Gasteiger partial charge in [-0.3, -0.25) is 0 Å². The number of hydrogen-bond donors (Lipinski definition) is 0.